The summed E-state index contributed by atoms with van der Waals surface area (Å²) in [6.45, 7) is 7.87. The van der Waals surface area contributed by atoms with Crippen molar-refractivity contribution in [2.45, 2.75) is 70.8 Å². The minimum Gasteiger partial charge on any atom is -0.465 e. The monoisotopic (exact) mass is 649 g/mol. The molecule has 0 radical (unpaired) electrons. The van der Waals surface area contributed by atoms with Gasteiger partial charge in [-0.2, -0.15) is 0 Å². The summed E-state index contributed by atoms with van der Waals surface area (Å²) in [4.78, 5) is 28.0. The Kier molecular flexibility index (Phi) is 12.5. The lowest BCUT2D eigenvalue weighted by molar-refractivity contribution is -0.890. The third-order valence-corrected chi connectivity index (χ3v) is 9.70. The molecule has 0 spiro atoms. The zero-order chi connectivity index (χ0) is 34.2. The molecule has 8 nitrogen and oxygen atoms in total. The summed E-state index contributed by atoms with van der Waals surface area (Å²) in [7, 11) is 8.55. The Morgan fingerprint density at radius 3 is 2.45 bits per heavy atom. The van der Waals surface area contributed by atoms with Gasteiger partial charge in [0.2, 0.25) is 0 Å². The first kappa shape index (κ1) is 36.8. The van der Waals surface area contributed by atoms with Crippen LogP contribution in [0.4, 0.5) is 0 Å². The maximum Gasteiger partial charge on any atom is 0.337 e. The van der Waals surface area contributed by atoms with Crippen molar-refractivity contribution < 1.29 is 33.4 Å². The Bertz CT molecular complexity index is 1400. The van der Waals surface area contributed by atoms with Crippen molar-refractivity contribution in [1.82, 2.24) is 4.90 Å². The highest BCUT2D eigenvalue weighted by molar-refractivity contribution is 5.80. The SMILES string of the molecule is CN(C)CC[N+](C)(C)CCCCOC(=O)C(C)(CO)COC(=O)C(C)(C)OCCCCc1ccc2c3c1C=CC1=CC=CC(=CC2)C13. The van der Waals surface area contributed by atoms with Crippen LogP contribution in [0.25, 0.3) is 6.08 Å². The molecular formula is C39H57N2O6+. The fourth-order valence-electron chi connectivity index (χ4n) is 6.33. The average Bonchev–Trinajstić information content (AvgIpc) is 3.05. The first-order valence-corrected chi connectivity index (χ1v) is 17.2. The number of likely N-dealkylation sites (N-methyl/N-ethyl adjacent to an activating group) is 2. The van der Waals surface area contributed by atoms with Crippen molar-refractivity contribution in [3.8, 4) is 0 Å². The van der Waals surface area contributed by atoms with Gasteiger partial charge >= 0.3 is 11.9 Å². The van der Waals surface area contributed by atoms with Crippen molar-refractivity contribution in [1.29, 1.82) is 0 Å². The van der Waals surface area contributed by atoms with Gasteiger partial charge in [0.25, 0.3) is 0 Å². The van der Waals surface area contributed by atoms with E-state index in [-0.39, 0.29) is 13.2 Å². The van der Waals surface area contributed by atoms with Crippen LogP contribution in [0, 0.1) is 5.41 Å². The first-order valence-electron chi connectivity index (χ1n) is 17.2. The van der Waals surface area contributed by atoms with Gasteiger partial charge in [-0.05, 0) is 107 Å². The second-order valence-electron chi connectivity index (χ2n) is 15.1. The molecular weight excluding hydrogens is 592 g/mol. The van der Waals surface area contributed by atoms with Crippen LogP contribution in [-0.2, 0) is 36.6 Å². The molecule has 2 atom stereocenters. The van der Waals surface area contributed by atoms with Crippen LogP contribution in [0.1, 0.15) is 74.6 Å². The van der Waals surface area contributed by atoms with Gasteiger partial charge in [-0.1, -0.05) is 48.6 Å². The molecule has 0 aliphatic heterocycles. The van der Waals surface area contributed by atoms with Gasteiger partial charge in [0.05, 0.1) is 40.4 Å². The normalized spacial score (nSPS) is 17.9. The molecule has 4 rings (SSSR count). The molecule has 0 fully saturated rings. The number of carbonyl (C=O) groups excluding carboxylic acids is 2. The van der Waals surface area contributed by atoms with Crippen LogP contribution in [0.3, 0.4) is 0 Å². The molecule has 0 bridgehead atoms. The smallest absolute Gasteiger partial charge is 0.337 e. The van der Waals surface area contributed by atoms with Crippen LogP contribution in [0.5, 0.6) is 0 Å². The molecule has 0 saturated heterocycles. The van der Waals surface area contributed by atoms with Crippen LogP contribution in [0.15, 0.2) is 53.7 Å². The molecule has 1 N–H and O–H groups in total. The number of quaternary nitrogens is 1. The van der Waals surface area contributed by atoms with Gasteiger partial charge in [0, 0.05) is 19.1 Å². The number of rotatable bonds is 19. The van der Waals surface area contributed by atoms with E-state index in [1.807, 2.05) is 0 Å². The zero-order valence-electron chi connectivity index (χ0n) is 29.8. The highest BCUT2D eigenvalue weighted by atomic mass is 16.6. The lowest BCUT2D eigenvalue weighted by Gasteiger charge is -2.34. The number of nitrogens with zero attached hydrogens (tertiary/aromatic N) is 2. The van der Waals surface area contributed by atoms with Gasteiger partial charge in [-0.15, -0.1) is 0 Å². The lowest BCUT2D eigenvalue weighted by Crippen LogP contribution is -2.45. The second-order valence-corrected chi connectivity index (χ2v) is 15.1. The van der Waals surface area contributed by atoms with Crippen molar-refractivity contribution >= 4 is 18.0 Å². The molecule has 1 aromatic rings. The number of carbonyl (C=O) groups is 2. The maximum atomic E-state index is 13.0. The van der Waals surface area contributed by atoms with Gasteiger partial charge in [0.1, 0.15) is 12.0 Å². The van der Waals surface area contributed by atoms with Crippen molar-refractivity contribution in [3.63, 3.8) is 0 Å². The number of esters is 2. The average molecular weight is 650 g/mol. The third-order valence-electron chi connectivity index (χ3n) is 9.70. The van der Waals surface area contributed by atoms with Crippen LogP contribution < -0.4 is 0 Å². The molecule has 0 amide bonds. The first-order chi connectivity index (χ1) is 22.3. The number of unbranched alkanes of at least 4 members (excludes halogenated alkanes) is 2. The summed E-state index contributed by atoms with van der Waals surface area (Å²) in [5.41, 5.74) is 5.84. The van der Waals surface area contributed by atoms with E-state index in [0.717, 1.165) is 62.6 Å². The standard InChI is InChI=1S/C39H57N2O6/c1-38(2,36(43)46-28-39(3,27-42)37(44)45-25-11-9-23-41(6,7)24-22-40(4)5)47-26-10-8-13-29-16-17-32-19-18-30-14-12-15-31-20-21-33(29)35(32)34(30)31/h12,14-18,20-21,34,42H,8-11,13,19,22-28H2,1-7H3/q+1. The van der Waals surface area contributed by atoms with Gasteiger partial charge in [-0.3, -0.25) is 4.79 Å². The highest BCUT2D eigenvalue weighted by Crippen LogP contribution is 2.46. The Hall–Kier alpha value is -3.04. The van der Waals surface area contributed by atoms with Crippen LogP contribution >= 0.6 is 0 Å². The largest absolute Gasteiger partial charge is 0.465 e. The van der Waals surface area contributed by atoms with E-state index < -0.39 is 29.6 Å². The molecule has 0 saturated carbocycles. The van der Waals surface area contributed by atoms with E-state index in [0.29, 0.717) is 12.5 Å². The number of hydrogen-bond donors (Lipinski definition) is 1. The number of benzene rings is 1. The number of ether oxygens (including phenoxy) is 3. The van der Waals surface area contributed by atoms with E-state index in [9.17, 15) is 14.7 Å². The molecule has 2 unspecified atom stereocenters. The maximum absolute atomic E-state index is 13.0. The van der Waals surface area contributed by atoms with Crippen molar-refractivity contribution in [2.24, 2.45) is 5.41 Å². The Labute approximate surface area is 282 Å². The summed E-state index contributed by atoms with van der Waals surface area (Å²) >= 11 is 0. The van der Waals surface area contributed by atoms with E-state index in [1.165, 1.54) is 33.4 Å². The van der Waals surface area contributed by atoms with Gasteiger partial charge < -0.3 is 28.7 Å². The fraction of sp³-hybridized carbons (Fsp3) is 0.590. The molecule has 1 aromatic carbocycles. The van der Waals surface area contributed by atoms with Crippen molar-refractivity contribution in [3.05, 3.63) is 75.9 Å². The fourth-order valence-corrected chi connectivity index (χ4v) is 6.33. The lowest BCUT2D eigenvalue weighted by atomic mass is 9.70. The Morgan fingerprint density at radius 1 is 0.936 bits per heavy atom. The summed E-state index contributed by atoms with van der Waals surface area (Å²) in [6.07, 6.45) is 18.8. The Balaban J connectivity index is 1.17. The molecule has 8 heteroatoms. The van der Waals surface area contributed by atoms with Gasteiger partial charge in [-0.25, -0.2) is 4.79 Å². The predicted molar refractivity (Wildman–Crippen MR) is 187 cm³/mol. The topological polar surface area (TPSA) is 85.3 Å². The van der Waals surface area contributed by atoms with Crippen LogP contribution in [-0.4, -0.2) is 106 Å². The molecule has 47 heavy (non-hydrogen) atoms. The Morgan fingerprint density at radius 2 is 1.70 bits per heavy atom. The van der Waals surface area contributed by atoms with E-state index in [2.05, 4.69) is 81.7 Å². The summed E-state index contributed by atoms with van der Waals surface area (Å²) in [5, 5.41) is 10.00. The highest BCUT2D eigenvalue weighted by Gasteiger charge is 2.39. The number of allylic oxidation sites excluding steroid dienone is 7. The van der Waals surface area contributed by atoms with E-state index in [1.54, 1.807) is 20.8 Å². The quantitative estimate of drug-likeness (QED) is 0.122. The number of hydrogen-bond acceptors (Lipinski definition) is 7. The zero-order valence-corrected chi connectivity index (χ0v) is 29.8. The van der Waals surface area contributed by atoms with Crippen LogP contribution in [0.2, 0.25) is 0 Å². The minimum atomic E-state index is -1.34. The summed E-state index contributed by atoms with van der Waals surface area (Å²) < 4.78 is 17.9. The van der Waals surface area contributed by atoms with Gasteiger partial charge in [0.15, 0.2) is 5.60 Å². The minimum absolute atomic E-state index is 0.266. The molecule has 0 aromatic heterocycles. The van der Waals surface area contributed by atoms with E-state index in [4.69, 9.17) is 14.2 Å². The molecule has 3 aliphatic rings. The molecule has 0 heterocycles. The van der Waals surface area contributed by atoms with E-state index >= 15 is 0 Å². The summed E-state index contributed by atoms with van der Waals surface area (Å²) in [5.74, 6) is -0.780. The number of aliphatic hydroxyl groups is 1. The predicted octanol–water partition coefficient (Wildman–Crippen LogP) is 5.40. The number of aryl methyl sites for hydroxylation is 1. The third kappa shape index (κ3) is 9.53. The molecule has 3 aliphatic carbocycles. The summed E-state index contributed by atoms with van der Waals surface area (Å²) in [6, 6.07) is 4.56. The second kappa shape index (κ2) is 15.9. The molecule has 258 valence electrons. The number of aliphatic hydroxyl groups excluding tert-OH is 1. The van der Waals surface area contributed by atoms with Crippen molar-refractivity contribution in [2.75, 3.05) is 74.3 Å².